The number of hydrogen-bond acceptors (Lipinski definition) is 2. The van der Waals surface area contributed by atoms with Crippen molar-refractivity contribution >= 4 is 43.6 Å². The van der Waals surface area contributed by atoms with Crippen LogP contribution in [-0.4, -0.2) is 9.97 Å². The minimum Gasteiger partial charge on any atom is -0.244 e. The molecule has 1 aromatic heterocycles. The van der Waals surface area contributed by atoms with Gasteiger partial charge in [-0.3, -0.25) is 0 Å². The third-order valence-corrected chi connectivity index (χ3v) is 4.23. The maximum absolute atomic E-state index is 4.89. The molecule has 0 radical (unpaired) electrons. The van der Waals surface area contributed by atoms with E-state index in [9.17, 15) is 0 Å². The first-order valence-electron chi connectivity index (χ1n) is 7.38. The largest absolute Gasteiger partial charge is 0.244 e. The highest BCUT2D eigenvalue weighted by Gasteiger charge is 2.11. The lowest BCUT2D eigenvalue weighted by Gasteiger charge is -2.09. The van der Waals surface area contributed by atoms with E-state index in [1.165, 1.54) is 10.8 Å². The lowest BCUT2D eigenvalue weighted by atomic mass is 9.99. The molecule has 0 N–H and O–H groups in total. The van der Waals surface area contributed by atoms with Crippen molar-refractivity contribution in [3.05, 3.63) is 72.8 Å². The van der Waals surface area contributed by atoms with Gasteiger partial charge in [0, 0.05) is 10.8 Å². The van der Waals surface area contributed by atoms with Crippen LogP contribution in [0, 0.1) is 0 Å². The third-order valence-electron chi connectivity index (χ3n) is 4.23. The first-order valence-corrected chi connectivity index (χ1v) is 7.38. The molecule has 0 saturated carbocycles. The van der Waals surface area contributed by atoms with Crippen LogP contribution in [-0.2, 0) is 0 Å². The highest BCUT2D eigenvalue weighted by atomic mass is 14.8. The van der Waals surface area contributed by atoms with Crippen LogP contribution in [0.3, 0.4) is 0 Å². The molecule has 0 fully saturated rings. The van der Waals surface area contributed by atoms with Crippen LogP contribution in [0.15, 0.2) is 72.8 Å². The van der Waals surface area contributed by atoms with Crippen molar-refractivity contribution in [2.24, 2.45) is 0 Å². The number of hydrogen-bond donors (Lipinski definition) is 0. The fraction of sp³-hybridized carbons (Fsp3) is 0. The minimum atomic E-state index is 0.940. The molecule has 22 heavy (non-hydrogen) atoms. The topological polar surface area (TPSA) is 25.8 Å². The lowest BCUT2D eigenvalue weighted by Crippen LogP contribution is -1.90. The average Bonchev–Trinajstić information content (AvgIpc) is 2.61. The van der Waals surface area contributed by atoms with Crippen molar-refractivity contribution in [3.63, 3.8) is 0 Å². The Labute approximate surface area is 127 Å². The quantitative estimate of drug-likeness (QED) is 0.292. The van der Waals surface area contributed by atoms with Gasteiger partial charge < -0.3 is 0 Å². The monoisotopic (exact) mass is 280 g/mol. The summed E-state index contributed by atoms with van der Waals surface area (Å²) >= 11 is 0. The molecule has 5 rings (SSSR count). The van der Waals surface area contributed by atoms with Gasteiger partial charge in [0.1, 0.15) is 0 Å². The Balaban J connectivity index is 2.17. The van der Waals surface area contributed by atoms with E-state index in [1.54, 1.807) is 0 Å². The first kappa shape index (κ1) is 11.6. The van der Waals surface area contributed by atoms with E-state index in [0.29, 0.717) is 0 Å². The molecule has 0 aliphatic rings. The second kappa shape index (κ2) is 4.25. The summed E-state index contributed by atoms with van der Waals surface area (Å²) in [5.74, 6) is 0. The van der Waals surface area contributed by atoms with Gasteiger partial charge >= 0.3 is 0 Å². The number of fused-ring (bicyclic) bond motifs is 7. The number of benzene rings is 4. The zero-order chi connectivity index (χ0) is 14.5. The average molecular weight is 280 g/mol. The molecule has 4 aromatic carbocycles. The van der Waals surface area contributed by atoms with Crippen molar-refractivity contribution < 1.29 is 0 Å². The van der Waals surface area contributed by atoms with Gasteiger partial charge in [-0.05, 0) is 22.9 Å². The molecule has 5 aromatic rings. The Morgan fingerprint density at radius 1 is 0.409 bits per heavy atom. The van der Waals surface area contributed by atoms with Crippen LogP contribution in [0.2, 0.25) is 0 Å². The molecule has 2 nitrogen and oxygen atoms in total. The van der Waals surface area contributed by atoms with Crippen molar-refractivity contribution in [3.8, 4) is 0 Å². The summed E-state index contributed by atoms with van der Waals surface area (Å²) in [6.07, 6.45) is 0. The van der Waals surface area contributed by atoms with Gasteiger partial charge in [-0.1, -0.05) is 60.7 Å². The molecule has 102 valence electrons. The molecular formula is C20H12N2. The standard InChI is InChI=1S/C20H12N2/c1-3-9-15-13(7-1)14-8-2-4-10-16(14)20-19(15)21-17-11-5-6-12-18(17)22-20/h1-12H. The van der Waals surface area contributed by atoms with Crippen molar-refractivity contribution in [1.82, 2.24) is 9.97 Å². The van der Waals surface area contributed by atoms with Gasteiger partial charge in [0.05, 0.1) is 22.1 Å². The van der Waals surface area contributed by atoms with E-state index in [-0.39, 0.29) is 0 Å². The second-order valence-corrected chi connectivity index (χ2v) is 5.50. The van der Waals surface area contributed by atoms with Gasteiger partial charge in [-0.2, -0.15) is 0 Å². The van der Waals surface area contributed by atoms with Gasteiger partial charge in [-0.25, -0.2) is 9.97 Å². The molecule has 0 aliphatic carbocycles. The molecule has 0 amide bonds. The zero-order valence-corrected chi connectivity index (χ0v) is 11.8. The highest BCUT2D eigenvalue weighted by molar-refractivity contribution is 6.23. The lowest BCUT2D eigenvalue weighted by molar-refractivity contribution is 1.42. The van der Waals surface area contributed by atoms with Gasteiger partial charge in [-0.15, -0.1) is 0 Å². The van der Waals surface area contributed by atoms with E-state index in [0.717, 1.165) is 32.8 Å². The number of para-hydroxylation sites is 2. The number of rotatable bonds is 0. The molecule has 0 bridgehead atoms. The van der Waals surface area contributed by atoms with Crippen LogP contribution in [0.5, 0.6) is 0 Å². The summed E-state index contributed by atoms with van der Waals surface area (Å²) in [7, 11) is 0. The van der Waals surface area contributed by atoms with E-state index in [2.05, 4.69) is 48.5 Å². The van der Waals surface area contributed by atoms with Gasteiger partial charge in [0.15, 0.2) is 0 Å². The van der Waals surface area contributed by atoms with Crippen LogP contribution >= 0.6 is 0 Å². The minimum absolute atomic E-state index is 0.940. The smallest absolute Gasteiger partial charge is 0.0979 e. The second-order valence-electron chi connectivity index (χ2n) is 5.50. The van der Waals surface area contributed by atoms with Crippen molar-refractivity contribution in [2.45, 2.75) is 0 Å². The van der Waals surface area contributed by atoms with Crippen LogP contribution in [0.4, 0.5) is 0 Å². The van der Waals surface area contributed by atoms with Crippen molar-refractivity contribution in [2.75, 3.05) is 0 Å². The molecular weight excluding hydrogens is 268 g/mol. The molecule has 0 saturated heterocycles. The summed E-state index contributed by atoms with van der Waals surface area (Å²) in [4.78, 5) is 9.79. The van der Waals surface area contributed by atoms with Gasteiger partial charge in [0.25, 0.3) is 0 Å². The molecule has 0 aliphatic heterocycles. The predicted molar refractivity (Wildman–Crippen MR) is 92.1 cm³/mol. The Morgan fingerprint density at radius 3 is 1.23 bits per heavy atom. The van der Waals surface area contributed by atoms with Crippen LogP contribution < -0.4 is 0 Å². The summed E-state index contributed by atoms with van der Waals surface area (Å²) in [6, 6.07) is 24.9. The number of nitrogens with zero attached hydrogens (tertiary/aromatic N) is 2. The van der Waals surface area contributed by atoms with E-state index in [1.807, 2.05) is 24.3 Å². The summed E-state index contributed by atoms with van der Waals surface area (Å²) in [5.41, 5.74) is 3.84. The normalized spacial score (nSPS) is 11.6. The third kappa shape index (κ3) is 1.49. The zero-order valence-electron chi connectivity index (χ0n) is 11.8. The molecule has 2 heteroatoms. The summed E-state index contributed by atoms with van der Waals surface area (Å²) in [6.45, 7) is 0. The van der Waals surface area contributed by atoms with Gasteiger partial charge in [0.2, 0.25) is 0 Å². The van der Waals surface area contributed by atoms with Crippen molar-refractivity contribution in [1.29, 1.82) is 0 Å². The molecule has 0 atom stereocenters. The Bertz CT molecular complexity index is 1080. The first-order chi connectivity index (χ1) is 10.9. The van der Waals surface area contributed by atoms with Crippen LogP contribution in [0.1, 0.15) is 0 Å². The summed E-state index contributed by atoms with van der Waals surface area (Å²) in [5, 5.41) is 4.79. The van der Waals surface area contributed by atoms with E-state index >= 15 is 0 Å². The summed E-state index contributed by atoms with van der Waals surface area (Å²) < 4.78 is 0. The van der Waals surface area contributed by atoms with E-state index in [4.69, 9.17) is 9.97 Å². The Kier molecular flexibility index (Phi) is 2.25. The van der Waals surface area contributed by atoms with E-state index < -0.39 is 0 Å². The fourth-order valence-electron chi connectivity index (χ4n) is 3.22. The highest BCUT2D eigenvalue weighted by Crippen LogP contribution is 2.33. The molecule has 1 heterocycles. The number of aromatic nitrogens is 2. The molecule has 0 unspecified atom stereocenters. The van der Waals surface area contributed by atoms with Crippen LogP contribution in [0.25, 0.3) is 43.6 Å². The Hall–Kier alpha value is -3.00. The maximum atomic E-state index is 4.89. The Morgan fingerprint density at radius 2 is 0.773 bits per heavy atom. The SMILES string of the molecule is c1ccc2nc3c4ccccc4c4ccccc4c3nc2c1. The molecule has 0 spiro atoms. The fourth-order valence-corrected chi connectivity index (χ4v) is 3.22. The maximum Gasteiger partial charge on any atom is 0.0979 e. The predicted octanol–water partition coefficient (Wildman–Crippen LogP) is 5.09.